The Morgan fingerprint density at radius 2 is 2.05 bits per heavy atom. The Labute approximate surface area is 120 Å². The van der Waals surface area contributed by atoms with Crippen molar-refractivity contribution in [1.29, 1.82) is 0 Å². The maximum absolute atomic E-state index is 12.2. The van der Waals surface area contributed by atoms with Crippen molar-refractivity contribution < 1.29 is 13.5 Å². The van der Waals surface area contributed by atoms with E-state index in [1.165, 1.54) is 12.8 Å². The number of rotatable bonds is 8. The van der Waals surface area contributed by atoms with Gasteiger partial charge < -0.3 is 9.67 Å². The highest BCUT2D eigenvalue weighted by molar-refractivity contribution is 7.89. The molecule has 20 heavy (non-hydrogen) atoms. The Morgan fingerprint density at radius 1 is 1.30 bits per heavy atom. The van der Waals surface area contributed by atoms with Gasteiger partial charge in [-0.25, -0.2) is 13.1 Å². The zero-order valence-electron chi connectivity index (χ0n) is 11.6. The van der Waals surface area contributed by atoms with Crippen LogP contribution in [0.5, 0.6) is 0 Å². The highest BCUT2D eigenvalue weighted by Crippen LogP contribution is 2.37. The summed E-state index contributed by atoms with van der Waals surface area (Å²) < 4.78 is 29.0. The van der Waals surface area contributed by atoms with Gasteiger partial charge in [0.25, 0.3) is 0 Å². The van der Waals surface area contributed by atoms with Gasteiger partial charge in [0.2, 0.25) is 10.0 Å². The molecule has 5 nitrogen and oxygen atoms in total. The molecule has 0 radical (unpaired) electrons. The predicted octanol–water partition coefficient (Wildman–Crippen LogP) is 1.78. The first-order valence-electron chi connectivity index (χ1n) is 7.41. The summed E-state index contributed by atoms with van der Waals surface area (Å²) in [7, 11) is -3.44. The van der Waals surface area contributed by atoms with Crippen LogP contribution in [0, 0.1) is 5.92 Å². The molecule has 0 unspecified atom stereocenters. The molecule has 0 bridgehead atoms. The van der Waals surface area contributed by atoms with E-state index in [1.807, 2.05) is 4.57 Å². The van der Waals surface area contributed by atoms with Crippen LogP contribution >= 0.6 is 0 Å². The fourth-order valence-corrected chi connectivity index (χ4v) is 3.67. The minimum absolute atomic E-state index is 0.117. The molecule has 112 valence electrons. The van der Waals surface area contributed by atoms with Gasteiger partial charge in [-0.05, 0) is 37.7 Å². The number of aliphatic hydroxyl groups excluding tert-OH is 1. The van der Waals surface area contributed by atoms with Gasteiger partial charge in [-0.1, -0.05) is 12.8 Å². The maximum Gasteiger partial charge on any atom is 0.242 e. The molecule has 1 heterocycles. The number of aliphatic hydroxyl groups is 1. The summed E-state index contributed by atoms with van der Waals surface area (Å²) in [5, 5.41) is 9.32. The molecule has 3 rings (SSSR count). The van der Waals surface area contributed by atoms with Crippen LogP contribution in [0.2, 0.25) is 0 Å². The van der Waals surface area contributed by atoms with Gasteiger partial charge in [-0.15, -0.1) is 0 Å². The van der Waals surface area contributed by atoms with Crippen LogP contribution in [-0.2, 0) is 16.6 Å². The molecular weight excluding hydrogens is 276 g/mol. The average molecular weight is 298 g/mol. The predicted molar refractivity (Wildman–Crippen MR) is 75.8 cm³/mol. The van der Waals surface area contributed by atoms with E-state index >= 15 is 0 Å². The molecule has 0 atom stereocenters. The van der Waals surface area contributed by atoms with E-state index in [0.717, 1.165) is 31.6 Å². The van der Waals surface area contributed by atoms with Crippen LogP contribution < -0.4 is 4.72 Å². The molecule has 1 aromatic heterocycles. The second-order valence-electron chi connectivity index (χ2n) is 5.95. The van der Waals surface area contributed by atoms with Gasteiger partial charge in [0.15, 0.2) is 0 Å². The summed E-state index contributed by atoms with van der Waals surface area (Å²) in [5.74, 6) is 0.830. The average Bonchev–Trinajstić information content (AvgIpc) is 3.33. The van der Waals surface area contributed by atoms with E-state index in [4.69, 9.17) is 0 Å². The van der Waals surface area contributed by atoms with Gasteiger partial charge in [0, 0.05) is 24.5 Å². The fourth-order valence-electron chi connectivity index (χ4n) is 2.55. The first-order chi connectivity index (χ1) is 9.60. The third kappa shape index (κ3) is 3.24. The number of sulfonamides is 1. The Kier molecular flexibility index (Phi) is 3.88. The van der Waals surface area contributed by atoms with Crippen molar-refractivity contribution in [3.05, 3.63) is 18.0 Å². The summed E-state index contributed by atoms with van der Waals surface area (Å²) in [6, 6.07) is 1.96. The van der Waals surface area contributed by atoms with Crippen molar-refractivity contribution in [3.8, 4) is 0 Å². The summed E-state index contributed by atoms with van der Waals surface area (Å²) in [6.45, 7) is 0.385. The van der Waals surface area contributed by atoms with Gasteiger partial charge in [-0.2, -0.15) is 0 Å². The molecule has 0 saturated heterocycles. The second-order valence-corrected chi connectivity index (χ2v) is 7.71. The third-order valence-corrected chi connectivity index (χ3v) is 5.53. The monoisotopic (exact) mass is 298 g/mol. The Balaban J connectivity index is 1.63. The molecule has 6 heteroatoms. The highest BCUT2D eigenvalue weighted by atomic mass is 32.2. The molecule has 2 aliphatic carbocycles. The molecule has 0 amide bonds. The summed E-state index contributed by atoms with van der Waals surface area (Å²) in [5.41, 5.74) is 0.686. The number of nitrogens with zero attached hydrogens (tertiary/aromatic N) is 1. The lowest BCUT2D eigenvalue weighted by Gasteiger charge is -2.04. The lowest BCUT2D eigenvalue weighted by molar-refractivity contribution is 0.270. The standard InChI is InChI=1S/C14H22N2O3S/c17-10-13-8-14(9-16(13)12-5-6-12)20(18,19)15-7-1-2-11-3-4-11/h8-9,11-12,15,17H,1-7,10H2. The number of hydrogen-bond donors (Lipinski definition) is 2. The lowest BCUT2D eigenvalue weighted by Crippen LogP contribution is -2.24. The summed E-state index contributed by atoms with van der Waals surface area (Å²) in [6.07, 6.45) is 8.42. The number of nitrogens with one attached hydrogen (secondary N) is 1. The van der Waals surface area contributed by atoms with E-state index in [1.54, 1.807) is 12.3 Å². The highest BCUT2D eigenvalue weighted by Gasteiger charge is 2.28. The minimum atomic E-state index is -3.44. The molecule has 0 aliphatic heterocycles. The van der Waals surface area contributed by atoms with Crippen LogP contribution in [0.25, 0.3) is 0 Å². The lowest BCUT2D eigenvalue weighted by atomic mass is 10.2. The molecule has 2 aliphatic rings. The van der Waals surface area contributed by atoms with Crippen molar-refractivity contribution >= 4 is 10.0 Å². The Hall–Kier alpha value is -0.850. The van der Waals surface area contributed by atoms with Crippen LogP contribution in [0.3, 0.4) is 0 Å². The van der Waals surface area contributed by atoms with E-state index in [2.05, 4.69) is 4.72 Å². The Bertz CT molecular complexity index is 571. The zero-order chi connectivity index (χ0) is 14.2. The minimum Gasteiger partial charge on any atom is -0.390 e. The van der Waals surface area contributed by atoms with Gasteiger partial charge in [0.05, 0.1) is 11.5 Å². The molecule has 0 aromatic carbocycles. The molecule has 1 aromatic rings. The fraction of sp³-hybridized carbons (Fsp3) is 0.714. The largest absolute Gasteiger partial charge is 0.390 e. The van der Waals surface area contributed by atoms with Crippen LogP contribution in [-0.4, -0.2) is 24.6 Å². The van der Waals surface area contributed by atoms with Crippen LogP contribution in [0.4, 0.5) is 0 Å². The van der Waals surface area contributed by atoms with Gasteiger partial charge in [0.1, 0.15) is 0 Å². The van der Waals surface area contributed by atoms with E-state index in [0.29, 0.717) is 18.3 Å². The van der Waals surface area contributed by atoms with Gasteiger partial charge >= 0.3 is 0 Å². The molecule has 2 N–H and O–H groups in total. The quantitative estimate of drug-likeness (QED) is 0.719. The smallest absolute Gasteiger partial charge is 0.242 e. The SMILES string of the molecule is O=S(=O)(NCCCC1CC1)c1cc(CO)n(C2CC2)c1. The number of hydrogen-bond acceptors (Lipinski definition) is 3. The van der Waals surface area contributed by atoms with E-state index in [-0.39, 0.29) is 11.5 Å². The third-order valence-electron chi connectivity index (χ3n) is 4.10. The normalized spacial score (nSPS) is 19.4. The van der Waals surface area contributed by atoms with E-state index < -0.39 is 10.0 Å². The maximum atomic E-state index is 12.2. The molecule has 0 spiro atoms. The van der Waals surface area contributed by atoms with E-state index in [9.17, 15) is 13.5 Å². The second kappa shape index (κ2) is 5.50. The Morgan fingerprint density at radius 3 is 2.65 bits per heavy atom. The van der Waals surface area contributed by atoms with Crippen molar-refractivity contribution in [1.82, 2.24) is 9.29 Å². The summed E-state index contributed by atoms with van der Waals surface area (Å²) in [4.78, 5) is 0.278. The first-order valence-corrected chi connectivity index (χ1v) is 8.90. The summed E-state index contributed by atoms with van der Waals surface area (Å²) >= 11 is 0. The topological polar surface area (TPSA) is 71.3 Å². The zero-order valence-corrected chi connectivity index (χ0v) is 12.4. The van der Waals surface area contributed by atoms with Crippen molar-refractivity contribution in [2.75, 3.05) is 6.54 Å². The molecule has 2 saturated carbocycles. The number of aromatic nitrogens is 1. The van der Waals surface area contributed by atoms with Crippen molar-refractivity contribution in [2.45, 2.75) is 56.1 Å². The van der Waals surface area contributed by atoms with Gasteiger partial charge in [-0.3, -0.25) is 0 Å². The van der Waals surface area contributed by atoms with Crippen molar-refractivity contribution in [3.63, 3.8) is 0 Å². The molecular formula is C14H22N2O3S. The van der Waals surface area contributed by atoms with Crippen molar-refractivity contribution in [2.24, 2.45) is 5.92 Å². The first kappa shape index (κ1) is 14.1. The van der Waals surface area contributed by atoms with Crippen LogP contribution in [0.15, 0.2) is 17.2 Å². The van der Waals surface area contributed by atoms with Crippen LogP contribution in [0.1, 0.15) is 50.3 Å². The molecule has 2 fully saturated rings.